The first-order chi connectivity index (χ1) is 39.9. The Kier molecular flexibility index (Phi) is 14.5. The zero-order valence-corrected chi connectivity index (χ0v) is 47.3. The molecule has 2 fully saturated rings. The summed E-state index contributed by atoms with van der Waals surface area (Å²) >= 11 is 12.1. The Hall–Kier alpha value is -8.14. The van der Waals surface area contributed by atoms with Crippen molar-refractivity contribution in [1.29, 1.82) is 0 Å². The summed E-state index contributed by atoms with van der Waals surface area (Å²) < 4.78 is 29.0. The molecule has 10 nitrogen and oxygen atoms in total. The van der Waals surface area contributed by atoms with Gasteiger partial charge in [-0.1, -0.05) is 121 Å². The van der Waals surface area contributed by atoms with Crippen LogP contribution >= 0.6 is 24.4 Å². The van der Waals surface area contributed by atoms with Gasteiger partial charge in [-0.05, 0) is 195 Å². The SMILES string of the molecule is CN1CCC(c2ccc(-c3ccc4c(c3)C(=S)N([C@@H](c3nc5ccccc5[nH]3)c3cc(F)ccc3O)C4)cc2)CC1.CN1CCC(c2ccc(-c3ccc4c(c3)C(=S)N([C@H](c3nc5ccccc5[nH]3)c3cc(F)ccc3O)C4)cc2)CC1. The van der Waals surface area contributed by atoms with Gasteiger partial charge in [0.15, 0.2) is 0 Å². The van der Waals surface area contributed by atoms with Crippen molar-refractivity contribution in [2.24, 2.45) is 0 Å². The number of thiocarbonyl (C=S) groups is 2. The fourth-order valence-corrected chi connectivity index (χ4v) is 13.3. The van der Waals surface area contributed by atoms with Crippen LogP contribution in [-0.2, 0) is 13.1 Å². The molecule has 0 amide bonds. The number of phenolic OH excluding ortho intramolecular Hbond substituents is 2. The van der Waals surface area contributed by atoms with E-state index in [9.17, 15) is 19.0 Å². The third kappa shape index (κ3) is 10.4. The monoisotopic (exact) mass is 1120 g/mol. The molecule has 14 rings (SSSR count). The summed E-state index contributed by atoms with van der Waals surface area (Å²) in [6, 6.07) is 53.2. The van der Waals surface area contributed by atoms with Crippen molar-refractivity contribution in [2.75, 3.05) is 40.3 Å². The van der Waals surface area contributed by atoms with E-state index in [4.69, 9.17) is 34.4 Å². The third-order valence-electron chi connectivity index (χ3n) is 17.3. The average molecular weight is 1130 g/mol. The van der Waals surface area contributed by atoms with Crippen molar-refractivity contribution in [2.45, 2.75) is 62.7 Å². The summed E-state index contributed by atoms with van der Waals surface area (Å²) in [5.41, 5.74) is 15.7. The summed E-state index contributed by atoms with van der Waals surface area (Å²) in [7, 11) is 4.39. The second-order valence-corrected chi connectivity index (χ2v) is 23.3. The van der Waals surface area contributed by atoms with E-state index in [1.807, 2.05) is 58.3 Å². The molecule has 2 saturated heterocycles. The Morgan fingerprint density at radius 2 is 0.854 bits per heavy atom. The van der Waals surface area contributed by atoms with Gasteiger partial charge in [0.1, 0.15) is 56.8 Å². The molecule has 4 aliphatic heterocycles. The van der Waals surface area contributed by atoms with Gasteiger partial charge in [-0.25, -0.2) is 18.7 Å². The number of benzene rings is 8. The molecule has 4 aliphatic rings. The van der Waals surface area contributed by atoms with E-state index in [1.54, 1.807) is 0 Å². The number of halogens is 2. The lowest BCUT2D eigenvalue weighted by Crippen LogP contribution is -2.30. The second-order valence-electron chi connectivity index (χ2n) is 22.5. The summed E-state index contributed by atoms with van der Waals surface area (Å²) in [6.07, 6.45) is 4.80. The number of aromatic amines is 2. The number of aromatic hydroxyl groups is 2. The van der Waals surface area contributed by atoms with Crippen LogP contribution < -0.4 is 0 Å². The largest absolute Gasteiger partial charge is 0.508 e. The number of piperidine rings is 2. The summed E-state index contributed by atoms with van der Waals surface area (Å²) in [5.74, 6) is 1.60. The number of likely N-dealkylation sites (tertiary alicyclic amines) is 2. The molecule has 0 bridgehead atoms. The smallest absolute Gasteiger partial charge is 0.134 e. The predicted molar refractivity (Wildman–Crippen MR) is 329 cm³/mol. The number of nitrogens with one attached hydrogen (secondary N) is 2. The summed E-state index contributed by atoms with van der Waals surface area (Å²) in [4.78, 5) is 26.6. The molecule has 0 radical (unpaired) electrons. The van der Waals surface area contributed by atoms with E-state index < -0.39 is 23.7 Å². The molecule has 0 aliphatic carbocycles. The number of hydrogen-bond donors (Lipinski definition) is 4. The van der Waals surface area contributed by atoms with Gasteiger partial charge < -0.3 is 39.8 Å². The van der Waals surface area contributed by atoms with Crippen LogP contribution in [0.15, 0.2) is 170 Å². The molecule has 14 heteroatoms. The molecule has 412 valence electrons. The highest BCUT2D eigenvalue weighted by molar-refractivity contribution is 7.81. The van der Waals surface area contributed by atoms with Crippen molar-refractivity contribution in [3.63, 3.8) is 0 Å². The van der Waals surface area contributed by atoms with E-state index >= 15 is 0 Å². The fourth-order valence-electron chi connectivity index (χ4n) is 12.6. The minimum absolute atomic E-state index is 0.000928. The van der Waals surface area contributed by atoms with Gasteiger partial charge in [0.05, 0.1) is 22.1 Å². The molecule has 0 saturated carbocycles. The summed E-state index contributed by atoms with van der Waals surface area (Å²) in [5, 5.41) is 21.7. The maximum absolute atomic E-state index is 14.5. The van der Waals surface area contributed by atoms with Gasteiger partial charge >= 0.3 is 0 Å². The Morgan fingerprint density at radius 3 is 1.24 bits per heavy atom. The van der Waals surface area contributed by atoms with Crippen LogP contribution in [-0.4, -0.2) is 100.0 Å². The van der Waals surface area contributed by atoms with Gasteiger partial charge in [0, 0.05) is 35.3 Å². The highest BCUT2D eigenvalue weighted by atomic mass is 32.1. The van der Waals surface area contributed by atoms with Crippen LogP contribution in [0.4, 0.5) is 8.78 Å². The van der Waals surface area contributed by atoms with Crippen LogP contribution in [0.2, 0.25) is 0 Å². The molecule has 8 aromatic carbocycles. The van der Waals surface area contributed by atoms with E-state index in [2.05, 4.69) is 119 Å². The summed E-state index contributed by atoms with van der Waals surface area (Å²) in [6.45, 7) is 5.64. The van der Waals surface area contributed by atoms with E-state index in [0.29, 0.717) is 57.7 Å². The number of fused-ring (bicyclic) bond motifs is 4. The second kappa shape index (κ2) is 22.3. The maximum atomic E-state index is 14.5. The molecule has 10 aromatic rings. The molecular weight excluding hydrogens is 1060 g/mol. The van der Waals surface area contributed by atoms with Crippen molar-refractivity contribution in [3.8, 4) is 33.8 Å². The highest BCUT2D eigenvalue weighted by Gasteiger charge is 2.37. The number of aromatic nitrogens is 4. The highest BCUT2D eigenvalue weighted by Crippen LogP contribution is 2.43. The lowest BCUT2D eigenvalue weighted by Gasteiger charge is -2.29. The molecule has 4 N–H and O–H groups in total. The Balaban J connectivity index is 0.000000154. The zero-order valence-electron chi connectivity index (χ0n) is 45.7. The van der Waals surface area contributed by atoms with Crippen molar-refractivity contribution >= 4 is 56.5 Å². The van der Waals surface area contributed by atoms with Gasteiger partial charge in [-0.15, -0.1) is 0 Å². The lowest BCUT2D eigenvalue weighted by atomic mass is 9.88. The molecule has 0 unspecified atom stereocenters. The third-order valence-corrected chi connectivity index (χ3v) is 18.2. The molecule has 6 heterocycles. The van der Waals surface area contributed by atoms with Gasteiger partial charge in [-0.3, -0.25) is 0 Å². The first-order valence-electron chi connectivity index (χ1n) is 28.2. The van der Waals surface area contributed by atoms with Crippen molar-refractivity contribution in [1.82, 2.24) is 39.5 Å². The van der Waals surface area contributed by atoms with Crippen LogP contribution in [0.25, 0.3) is 44.3 Å². The lowest BCUT2D eigenvalue weighted by molar-refractivity contribution is 0.255. The molecule has 2 atom stereocenters. The van der Waals surface area contributed by atoms with Crippen molar-refractivity contribution < 1.29 is 19.0 Å². The number of hydrogen-bond acceptors (Lipinski definition) is 8. The quantitative estimate of drug-likeness (QED) is 0.0988. The van der Waals surface area contributed by atoms with E-state index in [0.717, 1.165) is 92.8 Å². The van der Waals surface area contributed by atoms with Gasteiger partial charge in [0.2, 0.25) is 0 Å². The Labute approximate surface area is 486 Å². The molecular formula is C68H62F2N8O2S2. The Bertz CT molecular complexity index is 3710. The van der Waals surface area contributed by atoms with Gasteiger partial charge in [-0.2, -0.15) is 0 Å². The predicted octanol–water partition coefficient (Wildman–Crippen LogP) is 14.3. The van der Waals surface area contributed by atoms with Crippen LogP contribution in [0.5, 0.6) is 11.5 Å². The van der Waals surface area contributed by atoms with Gasteiger partial charge in [0.25, 0.3) is 0 Å². The molecule has 2 aromatic heterocycles. The standard InChI is InChI=1S/2C34H31FN4OS/c2*1-38-16-14-23(15-17-38)21-6-8-22(9-7-21)24-10-11-25-20-39(34(41)27(25)18-24)32(28-19-26(35)12-13-31(28)40)33-36-29-4-2-3-5-30(29)37-33/h2*2-13,18-19,23,32,40H,14-17,20H2,1H3,(H,36,37)/t2*32-/m10/s1. The molecule has 0 spiro atoms. The van der Waals surface area contributed by atoms with Crippen molar-refractivity contribution in [3.05, 3.63) is 238 Å². The fraction of sp³-hybridized carbons (Fsp3) is 0.235. The minimum Gasteiger partial charge on any atom is -0.508 e. The number of H-pyrrole nitrogens is 2. The van der Waals surface area contributed by atoms with E-state index in [-0.39, 0.29) is 11.5 Å². The number of phenols is 2. The first-order valence-corrected chi connectivity index (χ1v) is 29.0. The Morgan fingerprint density at radius 1 is 0.476 bits per heavy atom. The van der Waals surface area contributed by atoms with Crippen LogP contribution in [0.1, 0.15) is 106 Å². The number of nitrogens with zero attached hydrogens (tertiary/aromatic N) is 6. The van der Waals surface area contributed by atoms with Crippen LogP contribution in [0.3, 0.4) is 0 Å². The van der Waals surface area contributed by atoms with Crippen LogP contribution in [0, 0.1) is 11.6 Å². The normalized spacial score (nSPS) is 16.8. The maximum Gasteiger partial charge on any atom is 0.134 e. The average Bonchev–Trinajstić information content (AvgIpc) is 4.48. The van der Waals surface area contributed by atoms with E-state index in [1.165, 1.54) is 73.2 Å². The number of para-hydroxylation sites is 4. The number of rotatable bonds is 10. The first kappa shape index (κ1) is 53.2. The zero-order chi connectivity index (χ0) is 56.2. The number of imidazole rings is 2. The topological polar surface area (TPSA) is 111 Å². The minimum atomic E-state index is -0.588. The molecule has 82 heavy (non-hydrogen) atoms.